The summed E-state index contributed by atoms with van der Waals surface area (Å²) < 4.78 is 53.2. The monoisotopic (exact) mass is 367 g/mol. The van der Waals surface area contributed by atoms with Crippen LogP contribution in [-0.4, -0.2) is 54.7 Å². The molecule has 132 valence electrons. The van der Waals surface area contributed by atoms with Gasteiger partial charge in [0.1, 0.15) is 16.5 Å². The van der Waals surface area contributed by atoms with E-state index in [1.807, 2.05) is 0 Å². The van der Waals surface area contributed by atoms with Crippen molar-refractivity contribution in [1.82, 2.24) is 14.2 Å². The zero-order valence-corrected chi connectivity index (χ0v) is 13.9. The molecule has 0 saturated carbocycles. The average molecular weight is 367 g/mol. The maximum absolute atomic E-state index is 13.7. The Morgan fingerprint density at radius 1 is 1.08 bits per heavy atom. The summed E-state index contributed by atoms with van der Waals surface area (Å²) in [7, 11) is -3.69. The number of rotatable bonds is 3. The third-order valence-corrected chi connectivity index (χ3v) is 5.84. The molecule has 0 unspecified atom stereocenters. The summed E-state index contributed by atoms with van der Waals surface area (Å²) >= 11 is 0. The third kappa shape index (κ3) is 3.52. The van der Waals surface area contributed by atoms with Crippen molar-refractivity contribution in [3.05, 3.63) is 59.9 Å². The van der Waals surface area contributed by atoms with E-state index < -0.39 is 27.6 Å². The molecule has 2 aromatic rings. The number of carbonyl (C=O) groups is 1. The van der Waals surface area contributed by atoms with E-state index in [0.29, 0.717) is 0 Å². The van der Waals surface area contributed by atoms with E-state index in [0.717, 1.165) is 18.2 Å². The Morgan fingerprint density at radius 3 is 2.44 bits per heavy atom. The molecule has 1 saturated heterocycles. The molecule has 1 amide bonds. The average Bonchev–Trinajstić information content (AvgIpc) is 2.64. The molecule has 1 fully saturated rings. The number of hydrogen-bond donors (Lipinski definition) is 0. The number of carbonyl (C=O) groups excluding carboxylic acids is 1. The van der Waals surface area contributed by atoms with Gasteiger partial charge in [-0.3, -0.25) is 9.78 Å². The fourth-order valence-electron chi connectivity index (χ4n) is 2.61. The topological polar surface area (TPSA) is 70.6 Å². The quantitative estimate of drug-likeness (QED) is 0.825. The molecule has 1 aliphatic rings. The summed E-state index contributed by atoms with van der Waals surface area (Å²) in [5.41, 5.74) is -0.358. The molecular formula is C16H15F2N3O3S. The van der Waals surface area contributed by atoms with Crippen LogP contribution in [-0.2, 0) is 10.0 Å². The fraction of sp³-hybridized carbons (Fsp3) is 0.250. The molecule has 1 aromatic heterocycles. The highest BCUT2D eigenvalue weighted by Gasteiger charge is 2.31. The summed E-state index contributed by atoms with van der Waals surface area (Å²) in [5, 5.41) is 0. The number of piperazine rings is 1. The van der Waals surface area contributed by atoms with Crippen LogP contribution in [0.4, 0.5) is 8.78 Å². The minimum atomic E-state index is -3.69. The van der Waals surface area contributed by atoms with Crippen LogP contribution < -0.4 is 0 Å². The number of sulfonamides is 1. The predicted octanol–water partition coefficient (Wildman–Crippen LogP) is 1.51. The van der Waals surface area contributed by atoms with Gasteiger partial charge in [0.05, 0.1) is 5.56 Å². The lowest BCUT2D eigenvalue weighted by molar-refractivity contribution is 0.0692. The van der Waals surface area contributed by atoms with Crippen molar-refractivity contribution in [3.63, 3.8) is 0 Å². The van der Waals surface area contributed by atoms with Crippen molar-refractivity contribution >= 4 is 15.9 Å². The molecule has 0 atom stereocenters. The van der Waals surface area contributed by atoms with Gasteiger partial charge in [-0.2, -0.15) is 4.31 Å². The normalized spacial score (nSPS) is 16.0. The highest BCUT2D eigenvalue weighted by molar-refractivity contribution is 7.89. The number of benzene rings is 1. The Kier molecular flexibility index (Phi) is 4.78. The highest BCUT2D eigenvalue weighted by atomic mass is 32.2. The number of amides is 1. The van der Waals surface area contributed by atoms with Gasteiger partial charge in [-0.15, -0.1) is 0 Å². The van der Waals surface area contributed by atoms with Crippen molar-refractivity contribution in [2.45, 2.75) is 4.90 Å². The molecule has 9 heteroatoms. The summed E-state index contributed by atoms with van der Waals surface area (Å²) in [4.78, 5) is 17.5. The van der Waals surface area contributed by atoms with E-state index in [1.54, 1.807) is 0 Å². The SMILES string of the molecule is O=C(c1cc(F)ccc1F)N1CCN(S(=O)(=O)c2cccnc2)CC1. The van der Waals surface area contributed by atoms with Crippen molar-refractivity contribution in [2.75, 3.05) is 26.2 Å². The largest absolute Gasteiger partial charge is 0.336 e. The Morgan fingerprint density at radius 2 is 1.80 bits per heavy atom. The molecule has 0 spiro atoms. The van der Waals surface area contributed by atoms with Gasteiger partial charge in [-0.1, -0.05) is 0 Å². The lowest BCUT2D eigenvalue weighted by atomic mass is 10.1. The second kappa shape index (κ2) is 6.85. The first-order valence-electron chi connectivity index (χ1n) is 7.54. The van der Waals surface area contributed by atoms with E-state index in [2.05, 4.69) is 4.98 Å². The van der Waals surface area contributed by atoms with Crippen LogP contribution in [0.2, 0.25) is 0 Å². The summed E-state index contributed by atoms with van der Waals surface area (Å²) in [5.74, 6) is -2.17. The van der Waals surface area contributed by atoms with Crippen LogP contribution in [0.5, 0.6) is 0 Å². The lowest BCUT2D eigenvalue weighted by Gasteiger charge is -2.34. The first-order chi connectivity index (χ1) is 11.9. The van der Waals surface area contributed by atoms with Gasteiger partial charge in [0.2, 0.25) is 10.0 Å². The summed E-state index contributed by atoms with van der Waals surface area (Å²) in [6.07, 6.45) is 2.73. The van der Waals surface area contributed by atoms with Crippen molar-refractivity contribution in [3.8, 4) is 0 Å². The van der Waals surface area contributed by atoms with Crippen molar-refractivity contribution in [2.24, 2.45) is 0 Å². The van der Waals surface area contributed by atoms with Gasteiger partial charge in [0, 0.05) is 38.6 Å². The first-order valence-corrected chi connectivity index (χ1v) is 8.98. The highest BCUT2D eigenvalue weighted by Crippen LogP contribution is 2.18. The van der Waals surface area contributed by atoms with Crippen LogP contribution in [0, 0.1) is 11.6 Å². The molecule has 1 aliphatic heterocycles. The number of aromatic nitrogens is 1. The maximum atomic E-state index is 13.7. The van der Waals surface area contributed by atoms with Gasteiger partial charge in [0.25, 0.3) is 5.91 Å². The van der Waals surface area contributed by atoms with E-state index in [9.17, 15) is 22.0 Å². The Labute approximate surface area is 143 Å². The first kappa shape index (κ1) is 17.4. The van der Waals surface area contributed by atoms with E-state index in [-0.39, 0.29) is 36.6 Å². The van der Waals surface area contributed by atoms with Gasteiger partial charge in [-0.05, 0) is 30.3 Å². The third-order valence-electron chi connectivity index (χ3n) is 3.96. The van der Waals surface area contributed by atoms with E-state index in [1.165, 1.54) is 33.7 Å². The molecule has 0 aliphatic carbocycles. The van der Waals surface area contributed by atoms with Crippen molar-refractivity contribution in [1.29, 1.82) is 0 Å². The molecule has 0 N–H and O–H groups in total. The molecule has 0 bridgehead atoms. The minimum absolute atomic E-state index is 0.0693. The predicted molar refractivity (Wildman–Crippen MR) is 85.3 cm³/mol. The molecular weight excluding hydrogens is 352 g/mol. The molecule has 2 heterocycles. The van der Waals surface area contributed by atoms with Gasteiger partial charge in [-0.25, -0.2) is 17.2 Å². The lowest BCUT2D eigenvalue weighted by Crippen LogP contribution is -2.50. The van der Waals surface area contributed by atoms with Crippen LogP contribution >= 0.6 is 0 Å². The van der Waals surface area contributed by atoms with Crippen molar-refractivity contribution < 1.29 is 22.0 Å². The maximum Gasteiger partial charge on any atom is 0.257 e. The number of pyridine rings is 1. The van der Waals surface area contributed by atoms with E-state index in [4.69, 9.17) is 0 Å². The molecule has 3 rings (SSSR count). The fourth-order valence-corrected chi connectivity index (χ4v) is 4.00. The van der Waals surface area contributed by atoms with Crippen LogP contribution in [0.3, 0.4) is 0 Å². The minimum Gasteiger partial charge on any atom is -0.336 e. The summed E-state index contributed by atoms with van der Waals surface area (Å²) in [6.45, 7) is 0.322. The number of hydrogen-bond acceptors (Lipinski definition) is 4. The summed E-state index contributed by atoms with van der Waals surface area (Å²) in [6, 6.07) is 5.65. The van der Waals surface area contributed by atoms with Crippen LogP contribution in [0.1, 0.15) is 10.4 Å². The van der Waals surface area contributed by atoms with Gasteiger partial charge >= 0.3 is 0 Å². The number of nitrogens with zero attached hydrogens (tertiary/aromatic N) is 3. The molecule has 25 heavy (non-hydrogen) atoms. The van der Waals surface area contributed by atoms with E-state index >= 15 is 0 Å². The van der Waals surface area contributed by atoms with Crippen LogP contribution in [0.15, 0.2) is 47.6 Å². The Balaban J connectivity index is 1.72. The molecule has 0 radical (unpaired) electrons. The zero-order chi connectivity index (χ0) is 18.0. The second-order valence-corrected chi connectivity index (χ2v) is 7.45. The van der Waals surface area contributed by atoms with Gasteiger partial charge in [0.15, 0.2) is 0 Å². The second-order valence-electron chi connectivity index (χ2n) is 5.51. The zero-order valence-electron chi connectivity index (χ0n) is 13.1. The molecule has 1 aromatic carbocycles. The van der Waals surface area contributed by atoms with Gasteiger partial charge < -0.3 is 4.90 Å². The Bertz CT molecular complexity index is 883. The number of halogens is 2. The Hall–Kier alpha value is -2.39. The molecule has 6 nitrogen and oxygen atoms in total. The van der Waals surface area contributed by atoms with Crippen LogP contribution in [0.25, 0.3) is 0 Å². The standard InChI is InChI=1S/C16H15F2N3O3S/c17-12-3-4-15(18)14(10-12)16(22)20-6-8-21(9-7-20)25(23,24)13-2-1-5-19-11-13/h1-5,10-11H,6-9H2. The smallest absolute Gasteiger partial charge is 0.257 e.